The van der Waals surface area contributed by atoms with Gasteiger partial charge in [0.15, 0.2) is 0 Å². The first kappa shape index (κ1) is 12.9. The molecular weight excluding hydrogens is 215 g/mol. The summed E-state index contributed by atoms with van der Waals surface area (Å²) in [6.45, 7) is 0.951. The molecule has 2 atom stereocenters. The fourth-order valence-corrected chi connectivity index (χ4v) is 1.18. The number of hydrogen-bond donors (Lipinski definition) is 3. The summed E-state index contributed by atoms with van der Waals surface area (Å²) in [4.78, 5) is 0. The monoisotopic (exact) mass is 230 g/mol. The van der Waals surface area contributed by atoms with Crippen molar-refractivity contribution in [3.8, 4) is 5.75 Å². The third kappa shape index (κ3) is 3.44. The number of aliphatic hydroxyl groups excluding tert-OH is 3. The zero-order chi connectivity index (χ0) is 12.1. The van der Waals surface area contributed by atoms with Crippen molar-refractivity contribution in [1.82, 2.24) is 0 Å². The molecule has 0 saturated heterocycles. The number of hydrogen-bond acceptors (Lipinski definition) is 4. The molecule has 0 aliphatic heterocycles. The Labute approximate surface area is 92.9 Å². The zero-order valence-electron chi connectivity index (χ0n) is 8.93. The predicted octanol–water partition coefficient (Wildman–Crippen LogP) is 0.611. The molecule has 0 spiro atoms. The van der Waals surface area contributed by atoms with Gasteiger partial charge in [-0.25, -0.2) is 4.39 Å². The molecular formula is C11H15FO4. The van der Waals surface area contributed by atoms with Gasteiger partial charge < -0.3 is 20.1 Å². The van der Waals surface area contributed by atoms with Crippen molar-refractivity contribution in [2.24, 2.45) is 0 Å². The molecule has 0 fully saturated rings. The van der Waals surface area contributed by atoms with Gasteiger partial charge in [-0.05, 0) is 19.1 Å². The minimum atomic E-state index is -0.987. The van der Waals surface area contributed by atoms with Crippen LogP contribution in [0.1, 0.15) is 18.6 Å². The highest BCUT2D eigenvalue weighted by Gasteiger charge is 2.10. The minimum absolute atomic E-state index is 0.107. The minimum Gasteiger partial charge on any atom is -0.491 e. The maximum atomic E-state index is 13.4. The molecule has 0 amide bonds. The Morgan fingerprint density at radius 2 is 2.06 bits per heavy atom. The summed E-state index contributed by atoms with van der Waals surface area (Å²) < 4.78 is 18.4. The van der Waals surface area contributed by atoms with Crippen LogP contribution in [0.4, 0.5) is 4.39 Å². The van der Waals surface area contributed by atoms with Gasteiger partial charge in [-0.1, -0.05) is 0 Å². The van der Waals surface area contributed by atoms with E-state index in [0.29, 0.717) is 0 Å². The number of rotatable bonds is 5. The van der Waals surface area contributed by atoms with Crippen LogP contribution < -0.4 is 4.74 Å². The fraction of sp³-hybridized carbons (Fsp3) is 0.455. The first-order valence-corrected chi connectivity index (χ1v) is 4.93. The second kappa shape index (κ2) is 5.79. The molecule has 1 rings (SSSR count). The van der Waals surface area contributed by atoms with Gasteiger partial charge in [0.25, 0.3) is 0 Å². The van der Waals surface area contributed by atoms with Crippen LogP contribution in [-0.2, 0) is 0 Å². The molecule has 0 aromatic heterocycles. The highest BCUT2D eigenvalue weighted by molar-refractivity contribution is 5.30. The van der Waals surface area contributed by atoms with Crippen LogP contribution in [0.25, 0.3) is 0 Å². The lowest BCUT2D eigenvalue weighted by Gasteiger charge is -2.11. The van der Waals surface area contributed by atoms with Gasteiger partial charge in [0.2, 0.25) is 0 Å². The smallest absolute Gasteiger partial charge is 0.132 e. The van der Waals surface area contributed by atoms with E-state index in [1.165, 1.54) is 19.1 Å². The number of ether oxygens (including phenoxy) is 1. The van der Waals surface area contributed by atoms with Crippen molar-refractivity contribution in [2.45, 2.75) is 19.1 Å². The highest BCUT2D eigenvalue weighted by atomic mass is 19.1. The lowest BCUT2D eigenvalue weighted by atomic mass is 10.1. The maximum Gasteiger partial charge on any atom is 0.132 e. The lowest BCUT2D eigenvalue weighted by molar-refractivity contribution is 0.0534. The Bertz CT molecular complexity index is 341. The van der Waals surface area contributed by atoms with Gasteiger partial charge in [-0.15, -0.1) is 0 Å². The van der Waals surface area contributed by atoms with E-state index in [9.17, 15) is 9.50 Å². The Morgan fingerprint density at radius 1 is 1.38 bits per heavy atom. The first-order valence-electron chi connectivity index (χ1n) is 4.93. The molecule has 1 aromatic carbocycles. The fourth-order valence-electron chi connectivity index (χ4n) is 1.18. The van der Waals surface area contributed by atoms with Crippen molar-refractivity contribution >= 4 is 0 Å². The normalized spacial score (nSPS) is 14.6. The number of halogens is 1. The summed E-state index contributed by atoms with van der Waals surface area (Å²) in [5, 5.41) is 26.8. The summed E-state index contributed by atoms with van der Waals surface area (Å²) in [5.74, 6) is -0.319. The standard InChI is InChI=1S/C11H15FO4/c1-7(14)10-3-2-9(4-11(10)12)16-6-8(15)5-13/h2-4,7-8,13-15H,5-6H2,1H3/t7-,8?/m0/s1. The largest absolute Gasteiger partial charge is 0.491 e. The molecule has 0 aliphatic rings. The van der Waals surface area contributed by atoms with E-state index in [0.717, 1.165) is 6.07 Å². The third-order valence-corrected chi connectivity index (χ3v) is 2.08. The van der Waals surface area contributed by atoms with Crippen LogP contribution in [0, 0.1) is 5.82 Å². The predicted molar refractivity (Wildman–Crippen MR) is 55.6 cm³/mol. The topological polar surface area (TPSA) is 69.9 Å². The van der Waals surface area contributed by atoms with Gasteiger partial charge in [0.05, 0.1) is 12.7 Å². The summed E-state index contributed by atoms with van der Waals surface area (Å²) >= 11 is 0. The first-order chi connectivity index (χ1) is 7.54. The Kier molecular flexibility index (Phi) is 4.67. The molecule has 0 radical (unpaired) electrons. The molecule has 1 aromatic rings. The van der Waals surface area contributed by atoms with Crippen molar-refractivity contribution in [3.63, 3.8) is 0 Å². The van der Waals surface area contributed by atoms with E-state index in [4.69, 9.17) is 14.9 Å². The average molecular weight is 230 g/mol. The molecule has 1 unspecified atom stereocenters. The molecule has 3 N–H and O–H groups in total. The molecule has 0 heterocycles. The van der Waals surface area contributed by atoms with Gasteiger partial charge >= 0.3 is 0 Å². The van der Waals surface area contributed by atoms with E-state index in [2.05, 4.69) is 0 Å². The second-order valence-corrected chi connectivity index (χ2v) is 3.51. The van der Waals surface area contributed by atoms with Gasteiger partial charge in [-0.2, -0.15) is 0 Å². The summed E-state index contributed by atoms with van der Waals surface area (Å²) in [7, 11) is 0. The maximum absolute atomic E-state index is 13.4. The molecule has 0 aliphatic carbocycles. The Morgan fingerprint density at radius 3 is 2.56 bits per heavy atom. The van der Waals surface area contributed by atoms with Gasteiger partial charge in [0, 0.05) is 11.6 Å². The van der Waals surface area contributed by atoms with Crippen molar-refractivity contribution in [1.29, 1.82) is 0 Å². The van der Waals surface area contributed by atoms with E-state index in [1.54, 1.807) is 0 Å². The molecule has 16 heavy (non-hydrogen) atoms. The second-order valence-electron chi connectivity index (χ2n) is 3.51. The van der Waals surface area contributed by atoms with E-state index in [-0.39, 0.29) is 17.9 Å². The Hall–Kier alpha value is -1.17. The van der Waals surface area contributed by atoms with E-state index >= 15 is 0 Å². The van der Waals surface area contributed by atoms with Crippen LogP contribution in [0.2, 0.25) is 0 Å². The molecule has 0 saturated carbocycles. The van der Waals surface area contributed by atoms with Crippen molar-refractivity contribution < 1.29 is 24.4 Å². The molecule has 5 heteroatoms. The zero-order valence-corrected chi connectivity index (χ0v) is 8.93. The number of benzene rings is 1. The average Bonchev–Trinajstić information content (AvgIpc) is 2.25. The van der Waals surface area contributed by atoms with Crippen LogP contribution in [0.3, 0.4) is 0 Å². The Balaban J connectivity index is 2.66. The molecule has 90 valence electrons. The molecule has 0 bridgehead atoms. The van der Waals surface area contributed by atoms with Crippen molar-refractivity contribution in [2.75, 3.05) is 13.2 Å². The van der Waals surface area contributed by atoms with Crippen LogP contribution >= 0.6 is 0 Å². The van der Waals surface area contributed by atoms with Gasteiger partial charge in [0.1, 0.15) is 24.3 Å². The number of aliphatic hydroxyl groups is 3. The summed E-state index contributed by atoms with van der Waals surface area (Å²) in [5.41, 5.74) is 0.190. The van der Waals surface area contributed by atoms with Gasteiger partial charge in [-0.3, -0.25) is 0 Å². The van der Waals surface area contributed by atoms with E-state index < -0.39 is 24.6 Å². The van der Waals surface area contributed by atoms with Crippen LogP contribution in [0.5, 0.6) is 5.75 Å². The summed E-state index contributed by atoms with van der Waals surface area (Å²) in [6.07, 6.45) is -1.86. The van der Waals surface area contributed by atoms with Crippen LogP contribution in [0.15, 0.2) is 18.2 Å². The quantitative estimate of drug-likeness (QED) is 0.693. The van der Waals surface area contributed by atoms with E-state index in [1.807, 2.05) is 0 Å². The SMILES string of the molecule is C[C@H](O)c1ccc(OCC(O)CO)cc1F. The van der Waals surface area contributed by atoms with Crippen LogP contribution in [-0.4, -0.2) is 34.6 Å². The highest BCUT2D eigenvalue weighted by Crippen LogP contribution is 2.21. The third-order valence-electron chi connectivity index (χ3n) is 2.08. The summed E-state index contributed by atoms with van der Waals surface area (Å²) in [6, 6.07) is 4.04. The lowest BCUT2D eigenvalue weighted by Crippen LogP contribution is -2.21. The van der Waals surface area contributed by atoms with Crippen molar-refractivity contribution in [3.05, 3.63) is 29.6 Å². The molecule has 4 nitrogen and oxygen atoms in total.